The summed E-state index contributed by atoms with van der Waals surface area (Å²) < 4.78 is 0. The molecular formula is C19H22Cl2N2O. The third-order valence-corrected chi connectivity index (χ3v) is 4.27. The fraction of sp³-hybridized carbons (Fsp3) is 0.316. The van der Waals surface area contributed by atoms with Gasteiger partial charge in [0.15, 0.2) is 0 Å². The summed E-state index contributed by atoms with van der Waals surface area (Å²) in [6, 6.07) is 15.4. The van der Waals surface area contributed by atoms with Crippen molar-refractivity contribution in [2.45, 2.75) is 32.9 Å². The Morgan fingerprint density at radius 1 is 1.12 bits per heavy atom. The molecule has 1 amide bonds. The zero-order valence-corrected chi connectivity index (χ0v) is 15.4. The highest BCUT2D eigenvalue weighted by Crippen LogP contribution is 2.25. The Balaban J connectivity index is 1.91. The molecule has 2 aromatic rings. The Bertz CT molecular complexity index is 674. The summed E-state index contributed by atoms with van der Waals surface area (Å²) in [5.41, 5.74) is 1.92. The Kier molecular flexibility index (Phi) is 6.95. The normalized spacial score (nSPS) is 10.7. The van der Waals surface area contributed by atoms with Crippen molar-refractivity contribution in [3.05, 3.63) is 64.1 Å². The molecule has 0 aliphatic heterocycles. The van der Waals surface area contributed by atoms with Gasteiger partial charge >= 0.3 is 0 Å². The minimum atomic E-state index is 0.117. The molecular weight excluding hydrogens is 343 g/mol. The van der Waals surface area contributed by atoms with E-state index in [1.54, 1.807) is 12.1 Å². The molecule has 0 aromatic heterocycles. The summed E-state index contributed by atoms with van der Waals surface area (Å²) in [5.74, 6) is 0.117. The van der Waals surface area contributed by atoms with Gasteiger partial charge in [-0.3, -0.25) is 4.79 Å². The quantitative estimate of drug-likeness (QED) is 0.728. The second-order valence-electron chi connectivity index (χ2n) is 5.90. The standard InChI is InChI=1S/C19H22Cl2N2O/c1-14(2)23(13-15-6-4-3-5-7-15)19(24)10-11-22-18-9-8-16(20)12-17(18)21/h3-9,12,14,22H,10-11,13H2,1-2H3. The van der Waals surface area contributed by atoms with Crippen LogP contribution in [0.2, 0.25) is 10.0 Å². The van der Waals surface area contributed by atoms with Gasteiger partial charge in [0.25, 0.3) is 0 Å². The molecule has 0 saturated heterocycles. The van der Waals surface area contributed by atoms with Crippen molar-refractivity contribution >= 4 is 34.8 Å². The number of halogens is 2. The summed E-state index contributed by atoms with van der Waals surface area (Å²) in [4.78, 5) is 14.4. The number of hydrogen-bond donors (Lipinski definition) is 1. The van der Waals surface area contributed by atoms with E-state index in [0.29, 0.717) is 29.6 Å². The first kappa shape index (κ1) is 18.6. The monoisotopic (exact) mass is 364 g/mol. The third kappa shape index (κ3) is 5.43. The van der Waals surface area contributed by atoms with Crippen LogP contribution in [0.5, 0.6) is 0 Å². The maximum absolute atomic E-state index is 12.6. The second kappa shape index (κ2) is 8.95. The van der Waals surface area contributed by atoms with Crippen LogP contribution in [-0.4, -0.2) is 23.4 Å². The fourth-order valence-electron chi connectivity index (χ4n) is 2.42. The topological polar surface area (TPSA) is 32.3 Å². The van der Waals surface area contributed by atoms with Gasteiger partial charge in [0.1, 0.15) is 0 Å². The predicted molar refractivity (Wildman–Crippen MR) is 102 cm³/mol. The molecule has 0 fully saturated rings. The molecule has 128 valence electrons. The Labute approximate surface area is 153 Å². The van der Waals surface area contributed by atoms with Gasteiger partial charge in [-0.2, -0.15) is 0 Å². The van der Waals surface area contributed by atoms with Crippen molar-refractivity contribution in [3.63, 3.8) is 0 Å². The zero-order valence-electron chi connectivity index (χ0n) is 13.9. The number of nitrogens with one attached hydrogen (secondary N) is 1. The van der Waals surface area contributed by atoms with Crippen molar-refractivity contribution in [1.29, 1.82) is 0 Å². The Hall–Kier alpha value is -1.71. The molecule has 0 unspecified atom stereocenters. The van der Waals surface area contributed by atoms with Crippen molar-refractivity contribution in [2.24, 2.45) is 0 Å². The molecule has 2 aromatic carbocycles. The largest absolute Gasteiger partial charge is 0.383 e. The van der Waals surface area contributed by atoms with Crippen molar-refractivity contribution in [2.75, 3.05) is 11.9 Å². The van der Waals surface area contributed by atoms with Crippen LogP contribution in [0.1, 0.15) is 25.8 Å². The van der Waals surface area contributed by atoms with Crippen LogP contribution in [0.3, 0.4) is 0 Å². The van der Waals surface area contributed by atoms with E-state index >= 15 is 0 Å². The molecule has 0 radical (unpaired) electrons. The summed E-state index contributed by atoms with van der Waals surface area (Å²) in [6.07, 6.45) is 0.407. The highest BCUT2D eigenvalue weighted by Gasteiger charge is 2.17. The summed E-state index contributed by atoms with van der Waals surface area (Å²) >= 11 is 12.0. The molecule has 3 nitrogen and oxygen atoms in total. The SMILES string of the molecule is CC(C)N(Cc1ccccc1)C(=O)CCNc1ccc(Cl)cc1Cl. The third-order valence-electron chi connectivity index (χ3n) is 3.72. The van der Waals surface area contributed by atoms with E-state index in [0.717, 1.165) is 11.3 Å². The van der Waals surface area contributed by atoms with Crippen molar-refractivity contribution in [1.82, 2.24) is 4.90 Å². The van der Waals surface area contributed by atoms with Crippen LogP contribution < -0.4 is 5.32 Å². The minimum absolute atomic E-state index is 0.117. The maximum atomic E-state index is 12.6. The Morgan fingerprint density at radius 3 is 2.46 bits per heavy atom. The molecule has 0 spiro atoms. The van der Waals surface area contributed by atoms with Crippen LogP contribution >= 0.6 is 23.2 Å². The van der Waals surface area contributed by atoms with Gasteiger partial charge in [-0.15, -0.1) is 0 Å². The number of carbonyl (C=O) groups is 1. The molecule has 0 aliphatic carbocycles. The van der Waals surface area contributed by atoms with Crippen LogP contribution in [0, 0.1) is 0 Å². The molecule has 0 aliphatic rings. The number of amides is 1. The molecule has 0 bridgehead atoms. The van der Waals surface area contributed by atoms with Crippen LogP contribution in [0.25, 0.3) is 0 Å². The van der Waals surface area contributed by atoms with Gasteiger partial charge in [-0.25, -0.2) is 0 Å². The number of carbonyl (C=O) groups excluding carboxylic acids is 1. The van der Waals surface area contributed by atoms with E-state index < -0.39 is 0 Å². The molecule has 0 saturated carbocycles. The van der Waals surface area contributed by atoms with Crippen LogP contribution in [0.15, 0.2) is 48.5 Å². The first-order valence-corrected chi connectivity index (χ1v) is 8.75. The second-order valence-corrected chi connectivity index (χ2v) is 6.75. The van der Waals surface area contributed by atoms with E-state index in [-0.39, 0.29) is 11.9 Å². The zero-order chi connectivity index (χ0) is 17.5. The summed E-state index contributed by atoms with van der Waals surface area (Å²) in [7, 11) is 0. The van der Waals surface area contributed by atoms with E-state index in [4.69, 9.17) is 23.2 Å². The molecule has 2 rings (SSSR count). The first-order valence-electron chi connectivity index (χ1n) is 7.99. The predicted octanol–water partition coefficient (Wildman–Crippen LogP) is 5.23. The molecule has 24 heavy (non-hydrogen) atoms. The summed E-state index contributed by atoms with van der Waals surface area (Å²) in [6.45, 7) is 5.21. The number of anilines is 1. The molecule has 1 N–H and O–H groups in total. The first-order chi connectivity index (χ1) is 11.5. The van der Waals surface area contributed by atoms with Crippen molar-refractivity contribution in [3.8, 4) is 0 Å². The average Bonchev–Trinajstić information content (AvgIpc) is 2.55. The molecule has 5 heteroatoms. The van der Waals surface area contributed by atoms with Crippen LogP contribution in [0.4, 0.5) is 5.69 Å². The fourth-order valence-corrected chi connectivity index (χ4v) is 2.89. The lowest BCUT2D eigenvalue weighted by Gasteiger charge is -2.27. The lowest BCUT2D eigenvalue weighted by atomic mass is 10.1. The van der Waals surface area contributed by atoms with Gasteiger partial charge in [0, 0.05) is 30.6 Å². The van der Waals surface area contributed by atoms with E-state index in [1.807, 2.05) is 55.1 Å². The maximum Gasteiger partial charge on any atom is 0.224 e. The van der Waals surface area contributed by atoms with Gasteiger partial charge in [-0.1, -0.05) is 53.5 Å². The summed E-state index contributed by atoms with van der Waals surface area (Å²) in [5, 5.41) is 4.34. The molecule has 0 atom stereocenters. The average molecular weight is 365 g/mol. The van der Waals surface area contributed by atoms with Gasteiger partial charge in [0.2, 0.25) is 5.91 Å². The number of rotatable bonds is 7. The lowest BCUT2D eigenvalue weighted by molar-refractivity contribution is -0.133. The van der Waals surface area contributed by atoms with E-state index in [9.17, 15) is 4.79 Å². The van der Waals surface area contributed by atoms with E-state index in [2.05, 4.69) is 5.32 Å². The number of hydrogen-bond acceptors (Lipinski definition) is 2. The van der Waals surface area contributed by atoms with E-state index in [1.165, 1.54) is 0 Å². The highest BCUT2D eigenvalue weighted by atomic mass is 35.5. The smallest absolute Gasteiger partial charge is 0.224 e. The van der Waals surface area contributed by atoms with Crippen molar-refractivity contribution < 1.29 is 4.79 Å². The minimum Gasteiger partial charge on any atom is -0.383 e. The van der Waals surface area contributed by atoms with Crippen LogP contribution in [-0.2, 0) is 11.3 Å². The Morgan fingerprint density at radius 2 is 1.83 bits per heavy atom. The highest BCUT2D eigenvalue weighted by molar-refractivity contribution is 6.36. The van der Waals surface area contributed by atoms with Gasteiger partial charge < -0.3 is 10.2 Å². The number of nitrogens with zero attached hydrogens (tertiary/aromatic N) is 1. The van der Waals surface area contributed by atoms with Gasteiger partial charge in [0.05, 0.1) is 10.7 Å². The molecule has 0 heterocycles. The van der Waals surface area contributed by atoms with Gasteiger partial charge in [-0.05, 0) is 37.6 Å². The number of benzene rings is 2. The lowest BCUT2D eigenvalue weighted by Crippen LogP contribution is -2.37.